The second-order valence-electron chi connectivity index (χ2n) is 8.21. The number of ether oxygens (including phenoxy) is 1. The number of aliphatic hydroxyl groups is 1. The van der Waals surface area contributed by atoms with Gasteiger partial charge in [-0.25, -0.2) is 0 Å². The van der Waals surface area contributed by atoms with Gasteiger partial charge in [-0.2, -0.15) is 5.10 Å². The molecule has 2 aromatic carbocycles. The Morgan fingerprint density at radius 2 is 2.00 bits per heavy atom. The van der Waals surface area contributed by atoms with Gasteiger partial charge in [0.05, 0.1) is 18.8 Å². The Hall–Kier alpha value is -2.90. The van der Waals surface area contributed by atoms with E-state index >= 15 is 0 Å². The predicted molar refractivity (Wildman–Crippen MR) is 114 cm³/mol. The Kier molecular flexibility index (Phi) is 5.14. The molecule has 2 N–H and O–H groups in total. The van der Waals surface area contributed by atoms with E-state index in [-0.39, 0.29) is 12.5 Å². The van der Waals surface area contributed by atoms with Crippen LogP contribution in [0.15, 0.2) is 48.8 Å². The van der Waals surface area contributed by atoms with Gasteiger partial charge in [-0.05, 0) is 47.4 Å². The number of benzene rings is 2. The number of nitrogens with one attached hydrogen (secondary N) is 1. The van der Waals surface area contributed by atoms with E-state index in [0.29, 0.717) is 25.7 Å². The molecule has 7 heteroatoms. The van der Waals surface area contributed by atoms with Gasteiger partial charge in [0.1, 0.15) is 18.5 Å². The largest absolute Gasteiger partial charge is 0.491 e. The van der Waals surface area contributed by atoms with Crippen molar-refractivity contribution in [2.75, 3.05) is 32.8 Å². The van der Waals surface area contributed by atoms with Crippen LogP contribution in [0.1, 0.15) is 18.9 Å². The molecule has 3 aromatic rings. The quantitative estimate of drug-likeness (QED) is 0.629. The fraction of sp³-hybridized carbons (Fsp3) is 0.391. The van der Waals surface area contributed by atoms with Crippen LogP contribution in [-0.4, -0.2) is 64.6 Å². The minimum absolute atomic E-state index is 0.00292. The zero-order chi connectivity index (χ0) is 20.5. The van der Waals surface area contributed by atoms with Crippen LogP contribution in [0.25, 0.3) is 21.9 Å². The zero-order valence-corrected chi connectivity index (χ0v) is 16.8. The van der Waals surface area contributed by atoms with Gasteiger partial charge in [0.25, 0.3) is 0 Å². The second kappa shape index (κ2) is 8.08. The minimum Gasteiger partial charge on any atom is -0.491 e. The molecule has 1 aliphatic carbocycles. The summed E-state index contributed by atoms with van der Waals surface area (Å²) < 4.78 is 7.87. The number of amides is 1. The Morgan fingerprint density at radius 1 is 1.17 bits per heavy atom. The fourth-order valence-corrected chi connectivity index (χ4v) is 3.91. The Balaban J connectivity index is 1.22. The topological polar surface area (TPSA) is 79.6 Å². The van der Waals surface area contributed by atoms with Gasteiger partial charge in [0, 0.05) is 31.4 Å². The highest BCUT2D eigenvalue weighted by atomic mass is 16.5. The van der Waals surface area contributed by atoms with Crippen molar-refractivity contribution in [2.24, 2.45) is 0 Å². The highest BCUT2D eigenvalue weighted by Crippen LogP contribution is 2.35. The molecule has 1 saturated heterocycles. The molecule has 1 atom stereocenters. The molecule has 1 aliphatic heterocycles. The number of hydrogen-bond acceptors (Lipinski definition) is 5. The van der Waals surface area contributed by atoms with Gasteiger partial charge in [0.2, 0.25) is 5.91 Å². The molecule has 1 unspecified atom stereocenters. The number of rotatable bonds is 7. The second-order valence-corrected chi connectivity index (χ2v) is 8.21. The third kappa shape index (κ3) is 4.32. The summed E-state index contributed by atoms with van der Waals surface area (Å²) in [6.45, 7) is 2.33. The molecule has 0 bridgehead atoms. The first-order valence-electron chi connectivity index (χ1n) is 10.5. The summed E-state index contributed by atoms with van der Waals surface area (Å²) in [5, 5.41) is 19.8. The first kappa shape index (κ1) is 19.1. The van der Waals surface area contributed by atoms with Crippen LogP contribution in [0.5, 0.6) is 5.75 Å². The number of piperazine rings is 1. The molecule has 0 spiro atoms. The number of hydrogen-bond donors (Lipinski definition) is 2. The lowest BCUT2D eigenvalue weighted by atomic mass is 10.0. The maximum Gasteiger partial charge on any atom is 0.234 e. The van der Waals surface area contributed by atoms with Crippen LogP contribution in [0.4, 0.5) is 0 Å². The average molecular weight is 406 g/mol. The monoisotopic (exact) mass is 406 g/mol. The highest BCUT2D eigenvalue weighted by molar-refractivity contribution is 5.88. The summed E-state index contributed by atoms with van der Waals surface area (Å²) in [4.78, 5) is 13.4. The van der Waals surface area contributed by atoms with E-state index in [1.807, 2.05) is 29.3 Å². The van der Waals surface area contributed by atoms with Crippen LogP contribution in [0.3, 0.4) is 0 Å². The van der Waals surface area contributed by atoms with E-state index in [4.69, 9.17) is 4.74 Å². The number of carbonyl (C=O) groups excluding carboxylic acids is 1. The Morgan fingerprint density at radius 3 is 2.83 bits per heavy atom. The molecule has 156 valence electrons. The minimum atomic E-state index is -0.642. The molecule has 30 heavy (non-hydrogen) atoms. The molecule has 2 heterocycles. The van der Waals surface area contributed by atoms with Crippen molar-refractivity contribution < 1.29 is 14.6 Å². The van der Waals surface area contributed by atoms with Crippen molar-refractivity contribution >= 4 is 16.7 Å². The van der Waals surface area contributed by atoms with Crippen LogP contribution in [0.2, 0.25) is 0 Å². The van der Waals surface area contributed by atoms with E-state index in [9.17, 15) is 9.90 Å². The van der Waals surface area contributed by atoms with Crippen molar-refractivity contribution in [3.63, 3.8) is 0 Å². The normalized spacial score (nSPS) is 18.4. The molecule has 5 rings (SSSR count). The van der Waals surface area contributed by atoms with E-state index < -0.39 is 6.10 Å². The number of β-amino-alcohol motifs (C(OH)–C–C–N with tert-alkyl or cyclic N) is 1. The van der Waals surface area contributed by atoms with Crippen molar-refractivity contribution in [3.05, 3.63) is 48.8 Å². The zero-order valence-electron chi connectivity index (χ0n) is 16.8. The standard InChI is InChI=1S/C23H26N4O3/c28-21(13-26-8-7-24-23(29)14-26)15-30-22-6-3-16-9-17(1-2-18(16)10-22)19-11-25-27(12-19)20-4-5-20/h1-3,6,9-12,20-21,28H,4-5,7-8,13-15H2,(H,24,29). The number of aliphatic hydroxyl groups excluding tert-OH is 1. The van der Waals surface area contributed by atoms with Gasteiger partial charge in [-0.1, -0.05) is 18.2 Å². The average Bonchev–Trinajstić information content (AvgIpc) is 3.48. The van der Waals surface area contributed by atoms with Gasteiger partial charge in [0.15, 0.2) is 0 Å². The maximum atomic E-state index is 11.4. The maximum absolute atomic E-state index is 11.4. The smallest absolute Gasteiger partial charge is 0.234 e. The van der Waals surface area contributed by atoms with Crippen LogP contribution in [-0.2, 0) is 4.79 Å². The molecule has 7 nitrogen and oxygen atoms in total. The summed E-state index contributed by atoms with van der Waals surface area (Å²) in [5.41, 5.74) is 2.29. The van der Waals surface area contributed by atoms with Crippen molar-refractivity contribution in [1.29, 1.82) is 0 Å². The van der Waals surface area contributed by atoms with Crippen LogP contribution >= 0.6 is 0 Å². The predicted octanol–water partition coefficient (Wildman–Crippen LogP) is 2.21. The van der Waals surface area contributed by atoms with Gasteiger partial charge in [-0.3, -0.25) is 14.4 Å². The molecular formula is C23H26N4O3. The van der Waals surface area contributed by atoms with E-state index in [1.165, 1.54) is 12.8 Å². The molecule has 1 amide bonds. The van der Waals surface area contributed by atoms with Gasteiger partial charge in [-0.15, -0.1) is 0 Å². The van der Waals surface area contributed by atoms with Crippen LogP contribution in [0, 0.1) is 0 Å². The number of aromatic nitrogens is 2. The molecule has 1 saturated carbocycles. The highest BCUT2D eigenvalue weighted by Gasteiger charge is 2.24. The first-order valence-corrected chi connectivity index (χ1v) is 10.5. The fourth-order valence-electron chi connectivity index (χ4n) is 3.91. The third-order valence-corrected chi connectivity index (χ3v) is 5.70. The number of nitrogens with zero attached hydrogens (tertiary/aromatic N) is 3. The summed E-state index contributed by atoms with van der Waals surface area (Å²) in [6, 6.07) is 12.9. The molecular weight excluding hydrogens is 380 g/mol. The molecule has 0 radical (unpaired) electrons. The number of carbonyl (C=O) groups is 1. The summed E-state index contributed by atoms with van der Waals surface area (Å²) in [7, 11) is 0. The van der Waals surface area contributed by atoms with Crippen molar-refractivity contribution in [2.45, 2.75) is 25.0 Å². The van der Waals surface area contributed by atoms with Crippen molar-refractivity contribution in [1.82, 2.24) is 20.0 Å². The van der Waals surface area contributed by atoms with Gasteiger partial charge < -0.3 is 15.2 Å². The summed E-state index contributed by atoms with van der Waals surface area (Å²) in [6.07, 6.45) is 5.87. The van der Waals surface area contributed by atoms with Crippen LogP contribution < -0.4 is 10.1 Å². The van der Waals surface area contributed by atoms with E-state index in [0.717, 1.165) is 34.2 Å². The molecule has 2 aliphatic rings. The van der Waals surface area contributed by atoms with Crippen molar-refractivity contribution in [3.8, 4) is 16.9 Å². The molecule has 1 aromatic heterocycles. The lowest BCUT2D eigenvalue weighted by Gasteiger charge is -2.28. The van der Waals surface area contributed by atoms with Gasteiger partial charge >= 0.3 is 0 Å². The Labute approximate surface area is 175 Å². The lowest BCUT2D eigenvalue weighted by Crippen LogP contribution is -2.50. The summed E-state index contributed by atoms with van der Waals surface area (Å²) >= 11 is 0. The third-order valence-electron chi connectivity index (χ3n) is 5.70. The summed E-state index contributed by atoms with van der Waals surface area (Å²) in [5.74, 6) is 0.732. The number of fused-ring (bicyclic) bond motifs is 1. The van der Waals surface area contributed by atoms with E-state index in [1.54, 1.807) is 0 Å². The van der Waals surface area contributed by atoms with E-state index in [2.05, 4.69) is 39.5 Å². The Bertz CT molecular complexity index is 1060. The first-order chi connectivity index (χ1) is 14.6. The SMILES string of the molecule is O=C1CN(CC(O)COc2ccc3cc(-c4cnn(C5CC5)c4)ccc3c2)CCN1. The molecule has 2 fully saturated rings. The lowest BCUT2D eigenvalue weighted by molar-refractivity contribution is -0.124.